The smallest absolute Gasteiger partial charge is 0.259 e. The predicted molar refractivity (Wildman–Crippen MR) is 95.0 cm³/mol. The third-order valence-corrected chi connectivity index (χ3v) is 3.96. The van der Waals surface area contributed by atoms with Gasteiger partial charge in [0.1, 0.15) is 5.75 Å². The van der Waals surface area contributed by atoms with Crippen LogP contribution in [-0.4, -0.2) is 31.2 Å². The van der Waals surface area contributed by atoms with Crippen molar-refractivity contribution in [2.24, 2.45) is 5.10 Å². The van der Waals surface area contributed by atoms with Gasteiger partial charge >= 0.3 is 0 Å². The topological polar surface area (TPSA) is 79.8 Å². The summed E-state index contributed by atoms with van der Waals surface area (Å²) in [4.78, 5) is 24.1. The van der Waals surface area contributed by atoms with Crippen LogP contribution in [0.2, 0.25) is 10.0 Å². The summed E-state index contributed by atoms with van der Waals surface area (Å²) < 4.78 is 5.25. The molecule has 9 heteroatoms. The molecule has 6 nitrogen and oxygen atoms in total. The Morgan fingerprint density at radius 2 is 2.08 bits per heavy atom. The summed E-state index contributed by atoms with van der Waals surface area (Å²) in [5.74, 6) is -0.569. The second kappa shape index (κ2) is 9.27. The Labute approximate surface area is 152 Å². The minimum absolute atomic E-state index is 0.210. The normalized spacial score (nSPS) is 10.6. The van der Waals surface area contributed by atoms with Gasteiger partial charge in [-0.05, 0) is 29.6 Å². The molecular formula is C15H13Cl2N3O3S. The van der Waals surface area contributed by atoms with Crippen LogP contribution >= 0.6 is 34.5 Å². The molecule has 0 aliphatic heterocycles. The highest BCUT2D eigenvalue weighted by molar-refractivity contribution is 7.11. The maximum atomic E-state index is 11.6. The summed E-state index contributed by atoms with van der Waals surface area (Å²) in [7, 11) is 0. The maximum absolute atomic E-state index is 11.6. The first-order chi connectivity index (χ1) is 11.5. The second-order valence-electron chi connectivity index (χ2n) is 4.45. The molecule has 1 aromatic heterocycles. The Morgan fingerprint density at radius 1 is 1.25 bits per heavy atom. The van der Waals surface area contributed by atoms with E-state index in [0.717, 1.165) is 4.88 Å². The minimum Gasteiger partial charge on any atom is -0.482 e. The summed E-state index contributed by atoms with van der Waals surface area (Å²) in [6.45, 7) is -0.481. The van der Waals surface area contributed by atoms with Crippen molar-refractivity contribution in [1.29, 1.82) is 0 Å². The number of carbonyl (C=O) groups is 2. The highest BCUT2D eigenvalue weighted by Crippen LogP contribution is 2.27. The average Bonchev–Trinajstić information content (AvgIpc) is 3.05. The molecule has 0 atom stereocenters. The van der Waals surface area contributed by atoms with Crippen LogP contribution in [0.4, 0.5) is 0 Å². The van der Waals surface area contributed by atoms with E-state index >= 15 is 0 Å². The predicted octanol–water partition coefficient (Wildman–Crippen LogP) is 2.70. The van der Waals surface area contributed by atoms with Gasteiger partial charge in [0, 0.05) is 9.90 Å². The van der Waals surface area contributed by atoms with Crippen LogP contribution in [0.15, 0.2) is 40.8 Å². The number of hydrogen-bond donors (Lipinski definition) is 2. The number of hydrazone groups is 1. The SMILES string of the molecule is O=C(COc1ccc(Cl)cc1Cl)NCC(=O)NN=Cc1cccs1. The van der Waals surface area contributed by atoms with Crippen molar-refractivity contribution in [3.8, 4) is 5.75 Å². The van der Waals surface area contributed by atoms with Crippen molar-refractivity contribution >= 4 is 52.6 Å². The number of halogens is 2. The van der Waals surface area contributed by atoms with Gasteiger partial charge < -0.3 is 10.1 Å². The van der Waals surface area contributed by atoms with E-state index in [1.165, 1.54) is 23.6 Å². The van der Waals surface area contributed by atoms with Crippen molar-refractivity contribution in [3.63, 3.8) is 0 Å². The molecule has 126 valence electrons. The van der Waals surface area contributed by atoms with Crippen molar-refractivity contribution in [2.75, 3.05) is 13.2 Å². The lowest BCUT2D eigenvalue weighted by Gasteiger charge is -2.08. The molecular weight excluding hydrogens is 373 g/mol. The number of amides is 2. The Kier molecular flexibility index (Phi) is 7.05. The first-order valence-electron chi connectivity index (χ1n) is 6.74. The van der Waals surface area contributed by atoms with Crippen LogP contribution < -0.4 is 15.5 Å². The summed E-state index contributed by atoms with van der Waals surface area (Å²) in [6.07, 6.45) is 1.52. The van der Waals surface area contributed by atoms with Gasteiger partial charge in [-0.3, -0.25) is 9.59 Å². The van der Waals surface area contributed by atoms with E-state index in [1.54, 1.807) is 12.1 Å². The van der Waals surface area contributed by atoms with Crippen molar-refractivity contribution < 1.29 is 14.3 Å². The van der Waals surface area contributed by atoms with Crippen LogP contribution in [0.1, 0.15) is 4.88 Å². The quantitative estimate of drug-likeness (QED) is 0.567. The van der Waals surface area contributed by atoms with E-state index in [2.05, 4.69) is 15.8 Å². The van der Waals surface area contributed by atoms with Crippen molar-refractivity contribution in [2.45, 2.75) is 0 Å². The van der Waals surface area contributed by atoms with Gasteiger partial charge in [-0.15, -0.1) is 11.3 Å². The summed E-state index contributed by atoms with van der Waals surface area (Å²) in [5, 5.41) is 8.86. The highest BCUT2D eigenvalue weighted by atomic mass is 35.5. The summed E-state index contributed by atoms with van der Waals surface area (Å²) >= 11 is 13.2. The molecule has 0 fully saturated rings. The number of carbonyl (C=O) groups excluding carboxylic acids is 2. The lowest BCUT2D eigenvalue weighted by atomic mass is 10.3. The molecule has 0 unspecified atom stereocenters. The van der Waals surface area contributed by atoms with E-state index in [9.17, 15) is 9.59 Å². The monoisotopic (exact) mass is 385 g/mol. The van der Waals surface area contributed by atoms with Crippen molar-refractivity contribution in [3.05, 3.63) is 50.6 Å². The van der Waals surface area contributed by atoms with E-state index in [1.807, 2.05) is 17.5 Å². The molecule has 0 saturated carbocycles. The minimum atomic E-state index is -0.460. The molecule has 0 aliphatic carbocycles. The van der Waals surface area contributed by atoms with Gasteiger partial charge in [0.15, 0.2) is 6.61 Å². The lowest BCUT2D eigenvalue weighted by Crippen LogP contribution is -2.37. The number of ether oxygens (including phenoxy) is 1. The Hall–Kier alpha value is -2.09. The van der Waals surface area contributed by atoms with Gasteiger partial charge in [-0.25, -0.2) is 5.43 Å². The number of nitrogens with one attached hydrogen (secondary N) is 2. The van der Waals surface area contributed by atoms with Gasteiger partial charge in [0.05, 0.1) is 17.8 Å². The Bertz CT molecular complexity index is 736. The van der Waals surface area contributed by atoms with Crippen LogP contribution in [0.3, 0.4) is 0 Å². The summed E-state index contributed by atoms with van der Waals surface area (Å²) in [6, 6.07) is 8.40. The van der Waals surface area contributed by atoms with E-state index in [0.29, 0.717) is 15.8 Å². The second-order valence-corrected chi connectivity index (χ2v) is 6.27. The van der Waals surface area contributed by atoms with Crippen LogP contribution in [0.25, 0.3) is 0 Å². The first kappa shape index (κ1) is 18.3. The molecule has 2 aromatic rings. The largest absolute Gasteiger partial charge is 0.482 e. The van der Waals surface area contributed by atoms with E-state index < -0.39 is 11.8 Å². The van der Waals surface area contributed by atoms with E-state index in [4.69, 9.17) is 27.9 Å². The molecule has 24 heavy (non-hydrogen) atoms. The maximum Gasteiger partial charge on any atom is 0.259 e. The first-order valence-corrected chi connectivity index (χ1v) is 8.38. The number of thiophene rings is 1. The third-order valence-electron chi connectivity index (χ3n) is 2.62. The molecule has 0 spiro atoms. The van der Waals surface area contributed by atoms with Gasteiger partial charge in [-0.1, -0.05) is 29.3 Å². The molecule has 0 radical (unpaired) electrons. The van der Waals surface area contributed by atoms with Crippen LogP contribution in [0.5, 0.6) is 5.75 Å². The van der Waals surface area contributed by atoms with Gasteiger partial charge in [0.25, 0.3) is 11.8 Å². The standard InChI is InChI=1S/C15H13Cl2N3O3S/c16-10-3-4-13(12(17)6-10)23-9-15(22)18-8-14(21)20-19-7-11-2-1-5-24-11/h1-7H,8-9H2,(H,18,22)(H,20,21). The van der Waals surface area contributed by atoms with Gasteiger partial charge in [-0.2, -0.15) is 5.10 Å². The molecule has 2 N–H and O–H groups in total. The fraction of sp³-hybridized carbons (Fsp3) is 0.133. The molecule has 0 bridgehead atoms. The number of hydrogen-bond acceptors (Lipinski definition) is 5. The van der Waals surface area contributed by atoms with Crippen LogP contribution in [0, 0.1) is 0 Å². The number of rotatable bonds is 7. The van der Waals surface area contributed by atoms with Crippen LogP contribution in [-0.2, 0) is 9.59 Å². The lowest BCUT2D eigenvalue weighted by molar-refractivity contribution is -0.127. The highest BCUT2D eigenvalue weighted by Gasteiger charge is 2.08. The molecule has 0 saturated heterocycles. The molecule has 2 rings (SSSR count). The zero-order chi connectivity index (χ0) is 17.4. The summed E-state index contributed by atoms with van der Waals surface area (Å²) in [5.41, 5.74) is 2.31. The molecule has 2 amide bonds. The molecule has 0 aliphatic rings. The zero-order valence-corrected chi connectivity index (χ0v) is 14.6. The Balaban J connectivity index is 1.68. The third kappa shape index (κ3) is 6.19. The van der Waals surface area contributed by atoms with E-state index in [-0.39, 0.29) is 13.2 Å². The molecule has 1 heterocycles. The number of nitrogens with zero attached hydrogens (tertiary/aromatic N) is 1. The average molecular weight is 386 g/mol. The Morgan fingerprint density at radius 3 is 2.79 bits per heavy atom. The fourth-order valence-corrected chi connectivity index (χ4v) is 2.59. The number of benzene rings is 1. The van der Waals surface area contributed by atoms with Gasteiger partial charge in [0.2, 0.25) is 0 Å². The van der Waals surface area contributed by atoms with Crippen molar-refractivity contribution in [1.82, 2.24) is 10.7 Å². The zero-order valence-electron chi connectivity index (χ0n) is 12.3. The fourth-order valence-electron chi connectivity index (χ4n) is 1.54. The molecule has 1 aromatic carbocycles.